The Morgan fingerprint density at radius 1 is 1.10 bits per heavy atom. The van der Waals surface area contributed by atoms with E-state index in [2.05, 4.69) is 0 Å². The summed E-state index contributed by atoms with van der Waals surface area (Å²) in [6.07, 6.45) is 0. The molecule has 0 aliphatic heterocycles. The summed E-state index contributed by atoms with van der Waals surface area (Å²) in [5.41, 5.74) is 5.85. The zero-order valence-electron chi connectivity index (χ0n) is 11.5. The van der Waals surface area contributed by atoms with Crippen molar-refractivity contribution in [2.24, 2.45) is 5.73 Å². The van der Waals surface area contributed by atoms with Gasteiger partial charge >= 0.3 is 0 Å². The Labute approximate surface area is 117 Å². The van der Waals surface area contributed by atoms with Crippen LogP contribution in [0.25, 0.3) is 0 Å². The van der Waals surface area contributed by atoms with E-state index < -0.39 is 11.4 Å². The molecule has 2 N–H and O–H groups in total. The predicted octanol–water partition coefficient (Wildman–Crippen LogP) is 2.66. The first-order valence-corrected chi connectivity index (χ1v) is 6.31. The number of hydrogen-bond acceptors (Lipinski definition) is 2. The van der Waals surface area contributed by atoms with Crippen molar-refractivity contribution in [3.8, 4) is 0 Å². The Bertz CT molecular complexity index is 611. The first-order valence-electron chi connectivity index (χ1n) is 6.31. The largest absolute Gasteiger partial charge is 0.314 e. The van der Waals surface area contributed by atoms with E-state index in [9.17, 15) is 9.18 Å². The molecule has 0 heterocycles. The minimum absolute atomic E-state index is 0.213. The van der Waals surface area contributed by atoms with Crippen molar-refractivity contribution in [1.82, 2.24) is 0 Å². The lowest BCUT2D eigenvalue weighted by Gasteiger charge is -2.29. The van der Waals surface area contributed by atoms with Crippen molar-refractivity contribution in [3.05, 3.63) is 66.0 Å². The number of amides is 1. The fourth-order valence-electron chi connectivity index (χ4n) is 2.09. The second kappa shape index (κ2) is 5.43. The Hall–Kier alpha value is -2.20. The first-order chi connectivity index (χ1) is 9.44. The van der Waals surface area contributed by atoms with Gasteiger partial charge in [0.05, 0.1) is 5.69 Å². The highest BCUT2D eigenvalue weighted by atomic mass is 19.1. The number of anilines is 1. The summed E-state index contributed by atoms with van der Waals surface area (Å²) in [4.78, 5) is 13.8. The Morgan fingerprint density at radius 3 is 2.25 bits per heavy atom. The van der Waals surface area contributed by atoms with Gasteiger partial charge in [-0.15, -0.1) is 0 Å². The van der Waals surface area contributed by atoms with Gasteiger partial charge in [0.15, 0.2) is 0 Å². The molecule has 0 aliphatic rings. The highest BCUT2D eigenvalue weighted by Crippen LogP contribution is 2.24. The second-order valence-corrected chi connectivity index (χ2v) is 4.88. The minimum Gasteiger partial charge on any atom is -0.314 e. The third kappa shape index (κ3) is 2.56. The van der Waals surface area contributed by atoms with Gasteiger partial charge in [0.2, 0.25) is 0 Å². The summed E-state index contributed by atoms with van der Waals surface area (Å²) < 4.78 is 13.8. The number of carbonyl (C=O) groups excluding carboxylic acids is 1. The molecule has 0 radical (unpaired) electrons. The number of benzene rings is 2. The molecule has 2 aromatic rings. The van der Waals surface area contributed by atoms with Crippen LogP contribution in [0.5, 0.6) is 0 Å². The maximum atomic E-state index is 13.8. The molecule has 0 saturated carbocycles. The number of rotatable bonds is 3. The summed E-state index contributed by atoms with van der Waals surface area (Å²) in [6.45, 7) is 1.63. The monoisotopic (exact) mass is 272 g/mol. The molecule has 2 aromatic carbocycles. The molecule has 0 saturated heterocycles. The number of halogens is 1. The fourth-order valence-corrected chi connectivity index (χ4v) is 2.09. The van der Waals surface area contributed by atoms with Gasteiger partial charge < -0.3 is 10.6 Å². The number of hydrogen-bond donors (Lipinski definition) is 1. The van der Waals surface area contributed by atoms with Gasteiger partial charge in [-0.25, -0.2) is 4.39 Å². The van der Waals surface area contributed by atoms with Crippen LogP contribution in [0.4, 0.5) is 10.1 Å². The molecule has 3 nitrogen and oxygen atoms in total. The number of para-hydroxylation sites is 1. The molecule has 1 atom stereocenters. The number of carbonyl (C=O) groups is 1. The van der Waals surface area contributed by atoms with Crippen LogP contribution >= 0.6 is 0 Å². The maximum Gasteiger partial charge on any atom is 0.251 e. The molecule has 2 rings (SSSR count). The van der Waals surface area contributed by atoms with E-state index in [-0.39, 0.29) is 11.6 Å². The third-order valence-corrected chi connectivity index (χ3v) is 3.34. The molecular weight excluding hydrogens is 255 g/mol. The lowest BCUT2D eigenvalue weighted by Crippen LogP contribution is -2.50. The predicted molar refractivity (Wildman–Crippen MR) is 77.8 cm³/mol. The molecule has 104 valence electrons. The quantitative estimate of drug-likeness (QED) is 0.933. The van der Waals surface area contributed by atoms with Gasteiger partial charge in [-0.1, -0.05) is 42.5 Å². The Balaban J connectivity index is 2.34. The highest BCUT2D eigenvalue weighted by molar-refractivity contribution is 6.00. The van der Waals surface area contributed by atoms with Crippen LogP contribution in [0.1, 0.15) is 12.5 Å². The van der Waals surface area contributed by atoms with Gasteiger partial charge in [0.25, 0.3) is 5.91 Å². The Morgan fingerprint density at radius 2 is 1.65 bits per heavy atom. The van der Waals surface area contributed by atoms with E-state index in [1.165, 1.54) is 18.0 Å². The van der Waals surface area contributed by atoms with E-state index >= 15 is 0 Å². The molecule has 0 aromatic heterocycles. The van der Waals surface area contributed by atoms with E-state index in [0.717, 1.165) is 0 Å². The molecule has 0 bridgehead atoms. The molecular formula is C16H17FN2O. The minimum atomic E-state index is -1.21. The normalized spacial score (nSPS) is 13.6. The van der Waals surface area contributed by atoms with Crippen LogP contribution in [0.3, 0.4) is 0 Å². The van der Waals surface area contributed by atoms with Gasteiger partial charge in [0, 0.05) is 7.05 Å². The van der Waals surface area contributed by atoms with Gasteiger partial charge in [-0.2, -0.15) is 0 Å². The van der Waals surface area contributed by atoms with Gasteiger partial charge in [-0.05, 0) is 24.6 Å². The summed E-state index contributed by atoms with van der Waals surface area (Å²) in [6, 6.07) is 15.2. The van der Waals surface area contributed by atoms with Crippen molar-refractivity contribution in [2.45, 2.75) is 12.5 Å². The molecule has 1 amide bonds. The van der Waals surface area contributed by atoms with Crippen LogP contribution in [0, 0.1) is 5.82 Å². The smallest absolute Gasteiger partial charge is 0.251 e. The molecule has 0 aliphatic carbocycles. The van der Waals surface area contributed by atoms with Gasteiger partial charge in [-0.3, -0.25) is 4.79 Å². The molecule has 1 unspecified atom stereocenters. The van der Waals surface area contributed by atoms with Crippen LogP contribution in [-0.2, 0) is 10.3 Å². The number of nitrogens with two attached hydrogens (primary N) is 1. The van der Waals surface area contributed by atoms with Crippen LogP contribution in [0.2, 0.25) is 0 Å². The molecule has 4 heteroatoms. The first kappa shape index (κ1) is 14.2. The average Bonchev–Trinajstić information content (AvgIpc) is 2.47. The molecule has 0 spiro atoms. The van der Waals surface area contributed by atoms with Crippen LogP contribution in [0.15, 0.2) is 54.6 Å². The zero-order valence-corrected chi connectivity index (χ0v) is 11.5. The van der Waals surface area contributed by atoms with E-state index in [4.69, 9.17) is 5.73 Å². The summed E-state index contributed by atoms with van der Waals surface area (Å²) in [5.74, 6) is -0.819. The van der Waals surface area contributed by atoms with Crippen LogP contribution in [-0.4, -0.2) is 13.0 Å². The van der Waals surface area contributed by atoms with Crippen LogP contribution < -0.4 is 10.6 Å². The van der Waals surface area contributed by atoms with Crippen molar-refractivity contribution in [1.29, 1.82) is 0 Å². The highest BCUT2D eigenvalue weighted by Gasteiger charge is 2.34. The summed E-state index contributed by atoms with van der Waals surface area (Å²) in [5, 5.41) is 0. The van der Waals surface area contributed by atoms with E-state index in [1.54, 1.807) is 37.3 Å². The summed E-state index contributed by atoms with van der Waals surface area (Å²) in [7, 11) is 1.52. The lowest BCUT2D eigenvalue weighted by molar-refractivity contribution is -0.123. The topological polar surface area (TPSA) is 46.3 Å². The Kier molecular flexibility index (Phi) is 3.86. The number of nitrogens with zero attached hydrogens (tertiary/aromatic N) is 1. The van der Waals surface area contributed by atoms with E-state index in [1.807, 2.05) is 18.2 Å². The molecule has 20 heavy (non-hydrogen) atoms. The second-order valence-electron chi connectivity index (χ2n) is 4.88. The van der Waals surface area contributed by atoms with Gasteiger partial charge in [0.1, 0.15) is 11.4 Å². The lowest BCUT2D eigenvalue weighted by atomic mass is 9.91. The third-order valence-electron chi connectivity index (χ3n) is 3.34. The zero-order chi connectivity index (χ0) is 14.8. The number of likely N-dealkylation sites (N-methyl/N-ethyl adjacent to an activating group) is 1. The standard InChI is InChI=1S/C16H17FN2O/c1-16(18,12-8-4-3-5-9-12)15(20)19(2)14-11-7-6-10-13(14)17/h3-11H,18H2,1-2H3. The SMILES string of the molecule is CN(C(=O)C(C)(N)c1ccccc1)c1ccccc1F. The fraction of sp³-hybridized carbons (Fsp3) is 0.188. The summed E-state index contributed by atoms with van der Waals surface area (Å²) >= 11 is 0. The van der Waals surface area contributed by atoms with Crippen molar-refractivity contribution >= 4 is 11.6 Å². The van der Waals surface area contributed by atoms with E-state index in [0.29, 0.717) is 5.56 Å². The van der Waals surface area contributed by atoms with Crippen molar-refractivity contribution < 1.29 is 9.18 Å². The maximum absolute atomic E-state index is 13.8. The van der Waals surface area contributed by atoms with Crippen molar-refractivity contribution in [2.75, 3.05) is 11.9 Å². The molecule has 0 fully saturated rings. The van der Waals surface area contributed by atoms with Crippen molar-refractivity contribution in [3.63, 3.8) is 0 Å². The average molecular weight is 272 g/mol.